The Morgan fingerprint density at radius 3 is 2.00 bits per heavy atom. The van der Waals surface area contributed by atoms with Gasteiger partial charge in [0.25, 0.3) is 5.91 Å². The van der Waals surface area contributed by atoms with Crippen LogP contribution in [0, 0.1) is 0 Å². The second-order valence-electron chi connectivity index (χ2n) is 6.42. The van der Waals surface area contributed by atoms with E-state index >= 15 is 0 Å². The number of urea groups is 1. The van der Waals surface area contributed by atoms with Crippen LogP contribution in [0.3, 0.4) is 0 Å². The van der Waals surface area contributed by atoms with E-state index in [1.54, 1.807) is 36.4 Å². The lowest BCUT2D eigenvalue weighted by atomic mass is 9.87. The van der Waals surface area contributed by atoms with E-state index in [9.17, 15) is 9.59 Å². The molecule has 3 amide bonds. The molecule has 0 aliphatic heterocycles. The first kappa shape index (κ1) is 17.8. The molecule has 0 unspecified atom stereocenters. The smallest absolute Gasteiger partial charge is 0.338 e. The van der Waals surface area contributed by atoms with E-state index < -0.39 is 11.9 Å². The molecular formula is C18H20ClN3O2. The molecular weight excluding hydrogens is 326 g/mol. The molecule has 24 heavy (non-hydrogen) atoms. The molecule has 3 N–H and O–H groups in total. The number of hydrogen-bond acceptors (Lipinski definition) is 2. The molecule has 0 saturated carbocycles. The third-order valence-corrected chi connectivity index (χ3v) is 3.78. The molecule has 0 spiro atoms. The monoisotopic (exact) mass is 345 g/mol. The molecule has 0 radical (unpaired) electrons. The number of hydrogen-bond donors (Lipinski definition) is 2. The lowest BCUT2D eigenvalue weighted by molar-refractivity contribution is 0.0950. The summed E-state index contributed by atoms with van der Waals surface area (Å²) in [6.07, 6.45) is 0. The maximum Gasteiger partial charge on any atom is 0.338 e. The molecule has 2 aromatic rings. The fraction of sp³-hybridized carbons (Fsp3) is 0.222. The average molecular weight is 346 g/mol. The molecule has 2 rings (SSSR count). The molecule has 0 aliphatic carbocycles. The Morgan fingerprint density at radius 1 is 1.00 bits per heavy atom. The van der Waals surface area contributed by atoms with Gasteiger partial charge in [-0.2, -0.15) is 0 Å². The molecule has 0 saturated heterocycles. The average Bonchev–Trinajstić information content (AvgIpc) is 2.52. The fourth-order valence-corrected chi connectivity index (χ4v) is 2.25. The third-order valence-electron chi connectivity index (χ3n) is 3.53. The zero-order chi connectivity index (χ0) is 17.9. The highest BCUT2D eigenvalue weighted by Crippen LogP contribution is 2.22. The third kappa shape index (κ3) is 4.26. The van der Waals surface area contributed by atoms with Crippen LogP contribution in [-0.2, 0) is 5.41 Å². The second kappa shape index (κ2) is 6.93. The van der Waals surface area contributed by atoms with Crippen LogP contribution in [-0.4, -0.2) is 11.9 Å². The van der Waals surface area contributed by atoms with Gasteiger partial charge in [0, 0.05) is 10.6 Å². The van der Waals surface area contributed by atoms with Crippen LogP contribution in [0.5, 0.6) is 0 Å². The van der Waals surface area contributed by atoms with Gasteiger partial charge in [-0.3, -0.25) is 10.2 Å². The number of benzene rings is 2. The number of nitrogens with one attached hydrogen (secondary N) is 1. The summed E-state index contributed by atoms with van der Waals surface area (Å²) in [7, 11) is 0. The van der Waals surface area contributed by atoms with Gasteiger partial charge < -0.3 is 5.73 Å². The summed E-state index contributed by atoms with van der Waals surface area (Å²) in [5.74, 6) is -0.427. The molecule has 0 aliphatic rings. The molecule has 0 heterocycles. The number of carbonyl (C=O) groups is 2. The Bertz CT molecular complexity index is 734. The van der Waals surface area contributed by atoms with E-state index in [0.717, 1.165) is 10.6 Å². The predicted octanol–water partition coefficient (Wildman–Crippen LogP) is 3.87. The number of nitrogens with zero attached hydrogens (tertiary/aromatic N) is 1. The molecule has 2 aromatic carbocycles. The molecule has 0 aromatic heterocycles. The van der Waals surface area contributed by atoms with Crippen molar-refractivity contribution in [3.05, 3.63) is 64.7 Å². The van der Waals surface area contributed by atoms with Crippen molar-refractivity contribution in [2.45, 2.75) is 26.2 Å². The normalized spacial score (nSPS) is 11.0. The van der Waals surface area contributed by atoms with Crippen LogP contribution < -0.4 is 16.2 Å². The van der Waals surface area contributed by atoms with Gasteiger partial charge in [-0.1, -0.05) is 44.5 Å². The highest BCUT2D eigenvalue weighted by atomic mass is 35.5. The lowest BCUT2D eigenvalue weighted by Gasteiger charge is -2.22. The molecule has 0 bridgehead atoms. The number of anilines is 1. The Balaban J connectivity index is 2.19. The first-order valence-electron chi connectivity index (χ1n) is 7.45. The standard InChI is InChI=1S/C18H20ClN3O2/c1-18(2,3)13-6-4-12(5-7-13)16(23)21-22(17(20)24)15-10-8-14(19)9-11-15/h4-11H,1-3H3,(H2,20,24)(H,21,23). The van der Waals surface area contributed by atoms with Crippen molar-refractivity contribution in [1.82, 2.24) is 5.43 Å². The first-order chi connectivity index (χ1) is 11.2. The van der Waals surface area contributed by atoms with E-state index in [2.05, 4.69) is 26.2 Å². The maximum absolute atomic E-state index is 12.4. The SMILES string of the molecule is CC(C)(C)c1ccc(C(=O)NN(C(N)=O)c2ccc(Cl)cc2)cc1. The summed E-state index contributed by atoms with van der Waals surface area (Å²) >= 11 is 5.83. The molecule has 6 heteroatoms. The second-order valence-corrected chi connectivity index (χ2v) is 6.85. The lowest BCUT2D eigenvalue weighted by Crippen LogP contribution is -2.49. The van der Waals surface area contributed by atoms with E-state index in [1.165, 1.54) is 0 Å². The van der Waals surface area contributed by atoms with E-state index in [1.807, 2.05) is 12.1 Å². The minimum absolute atomic E-state index is 0.00241. The van der Waals surface area contributed by atoms with Gasteiger partial charge in [0.2, 0.25) is 0 Å². The quantitative estimate of drug-likeness (QED) is 0.811. The van der Waals surface area contributed by atoms with Crippen LogP contribution in [0.25, 0.3) is 0 Å². The zero-order valence-corrected chi connectivity index (χ0v) is 14.6. The van der Waals surface area contributed by atoms with Gasteiger partial charge in [0.15, 0.2) is 0 Å². The number of primary amides is 1. The molecule has 126 valence electrons. The summed E-state index contributed by atoms with van der Waals surface area (Å²) in [6.45, 7) is 6.28. The van der Waals surface area contributed by atoms with Crippen LogP contribution in [0.4, 0.5) is 10.5 Å². The van der Waals surface area contributed by atoms with Crippen LogP contribution in [0.1, 0.15) is 36.7 Å². The molecule has 0 fully saturated rings. The zero-order valence-electron chi connectivity index (χ0n) is 13.8. The molecule has 0 atom stereocenters. The van der Waals surface area contributed by atoms with Crippen LogP contribution in [0.15, 0.2) is 48.5 Å². The predicted molar refractivity (Wildman–Crippen MR) is 96.1 cm³/mol. The summed E-state index contributed by atoms with van der Waals surface area (Å²) in [4.78, 5) is 24.0. The van der Waals surface area contributed by atoms with Gasteiger partial charge in [-0.15, -0.1) is 0 Å². The Morgan fingerprint density at radius 2 is 1.54 bits per heavy atom. The Kier molecular flexibility index (Phi) is 5.14. The largest absolute Gasteiger partial charge is 0.350 e. The van der Waals surface area contributed by atoms with E-state index in [-0.39, 0.29) is 5.41 Å². The van der Waals surface area contributed by atoms with Gasteiger partial charge in [-0.25, -0.2) is 9.80 Å². The minimum atomic E-state index is -0.794. The summed E-state index contributed by atoms with van der Waals surface area (Å²) in [6, 6.07) is 12.8. The van der Waals surface area contributed by atoms with Crippen LogP contribution in [0.2, 0.25) is 5.02 Å². The van der Waals surface area contributed by atoms with Crippen molar-refractivity contribution in [2.75, 3.05) is 5.01 Å². The Hall–Kier alpha value is -2.53. The van der Waals surface area contributed by atoms with Gasteiger partial charge in [-0.05, 0) is 47.4 Å². The van der Waals surface area contributed by atoms with Crippen molar-refractivity contribution in [2.24, 2.45) is 5.73 Å². The van der Waals surface area contributed by atoms with Crippen molar-refractivity contribution < 1.29 is 9.59 Å². The van der Waals surface area contributed by atoms with E-state index in [0.29, 0.717) is 16.3 Å². The van der Waals surface area contributed by atoms with Crippen molar-refractivity contribution in [3.8, 4) is 0 Å². The maximum atomic E-state index is 12.4. The number of amides is 3. The number of carbonyl (C=O) groups excluding carboxylic acids is 2. The Labute approximate surface area is 146 Å². The van der Waals surface area contributed by atoms with Crippen molar-refractivity contribution in [3.63, 3.8) is 0 Å². The van der Waals surface area contributed by atoms with Gasteiger partial charge >= 0.3 is 6.03 Å². The minimum Gasteiger partial charge on any atom is -0.350 e. The van der Waals surface area contributed by atoms with E-state index in [4.69, 9.17) is 17.3 Å². The van der Waals surface area contributed by atoms with Gasteiger partial charge in [0.05, 0.1) is 5.69 Å². The van der Waals surface area contributed by atoms with Crippen molar-refractivity contribution >= 4 is 29.2 Å². The summed E-state index contributed by atoms with van der Waals surface area (Å²) < 4.78 is 0. The highest BCUT2D eigenvalue weighted by molar-refractivity contribution is 6.30. The number of rotatable bonds is 2. The van der Waals surface area contributed by atoms with Crippen LogP contribution >= 0.6 is 11.6 Å². The summed E-state index contributed by atoms with van der Waals surface area (Å²) in [5, 5.41) is 1.50. The molecule has 5 nitrogen and oxygen atoms in total. The summed E-state index contributed by atoms with van der Waals surface area (Å²) in [5.41, 5.74) is 9.83. The van der Waals surface area contributed by atoms with Gasteiger partial charge in [0.1, 0.15) is 0 Å². The topological polar surface area (TPSA) is 75.4 Å². The number of halogens is 1. The fourth-order valence-electron chi connectivity index (χ4n) is 2.12. The first-order valence-corrected chi connectivity index (χ1v) is 7.83. The number of hydrazine groups is 1. The van der Waals surface area contributed by atoms with Crippen molar-refractivity contribution in [1.29, 1.82) is 0 Å². The number of nitrogens with two attached hydrogens (primary N) is 1. The highest BCUT2D eigenvalue weighted by Gasteiger charge is 2.18.